The van der Waals surface area contributed by atoms with E-state index in [-0.39, 0.29) is 12.4 Å². The number of nitrogens with one attached hydrogen (secondary N) is 2. The second kappa shape index (κ2) is 7.10. The normalized spacial score (nSPS) is 18.9. The molecule has 4 nitrogen and oxygen atoms in total. The fourth-order valence-corrected chi connectivity index (χ4v) is 1.95. The number of hydrogen-bond donors (Lipinski definition) is 2. The lowest BCUT2D eigenvalue weighted by Gasteiger charge is -2.23. The number of aromatic nitrogens is 1. The first-order valence-corrected chi connectivity index (χ1v) is 5.72. The fraction of sp³-hybridized carbons (Fsp3) is 0.500. The molecule has 0 bridgehead atoms. The fourth-order valence-electron chi connectivity index (χ4n) is 1.95. The van der Waals surface area contributed by atoms with Crippen molar-refractivity contribution in [3.63, 3.8) is 0 Å². The van der Waals surface area contributed by atoms with Crippen molar-refractivity contribution in [2.24, 2.45) is 0 Å². The van der Waals surface area contributed by atoms with Crippen molar-refractivity contribution in [3.05, 3.63) is 23.9 Å². The maximum absolute atomic E-state index is 8.91. The topological polar surface area (TPSA) is 60.7 Å². The molecule has 0 amide bonds. The van der Waals surface area contributed by atoms with E-state index in [2.05, 4.69) is 21.7 Å². The van der Waals surface area contributed by atoms with Crippen molar-refractivity contribution in [1.29, 1.82) is 5.26 Å². The van der Waals surface area contributed by atoms with Gasteiger partial charge < -0.3 is 10.6 Å². The van der Waals surface area contributed by atoms with Crippen molar-refractivity contribution in [3.8, 4) is 6.07 Å². The molecule has 0 aromatic carbocycles. The van der Waals surface area contributed by atoms with E-state index in [4.69, 9.17) is 5.26 Å². The molecule has 2 rings (SSSR count). The number of hydrogen-bond acceptors (Lipinski definition) is 4. The van der Waals surface area contributed by atoms with Gasteiger partial charge in [0.25, 0.3) is 0 Å². The largest absolute Gasteiger partial charge is 0.367 e. The minimum absolute atomic E-state index is 0. The molecule has 1 aliphatic rings. The highest BCUT2D eigenvalue weighted by Crippen LogP contribution is 2.11. The molecule has 2 N–H and O–H groups in total. The number of rotatable bonds is 3. The van der Waals surface area contributed by atoms with Crippen LogP contribution in [0.1, 0.15) is 24.8 Å². The summed E-state index contributed by atoms with van der Waals surface area (Å²) < 4.78 is 0. The number of anilines is 1. The molecule has 17 heavy (non-hydrogen) atoms. The zero-order chi connectivity index (χ0) is 11.2. The van der Waals surface area contributed by atoms with Crippen molar-refractivity contribution in [1.82, 2.24) is 10.3 Å². The Morgan fingerprint density at radius 2 is 2.41 bits per heavy atom. The quantitative estimate of drug-likeness (QED) is 0.863. The minimum Gasteiger partial charge on any atom is -0.367 e. The van der Waals surface area contributed by atoms with E-state index in [0.717, 1.165) is 13.1 Å². The average Bonchev–Trinajstić information content (AvgIpc) is 2.38. The van der Waals surface area contributed by atoms with Crippen LogP contribution in [-0.4, -0.2) is 24.1 Å². The zero-order valence-electron chi connectivity index (χ0n) is 9.65. The van der Waals surface area contributed by atoms with Gasteiger partial charge in [-0.3, -0.25) is 0 Å². The summed E-state index contributed by atoms with van der Waals surface area (Å²) in [5, 5.41) is 15.6. The molecule has 1 aromatic heterocycles. The summed E-state index contributed by atoms with van der Waals surface area (Å²) >= 11 is 0. The van der Waals surface area contributed by atoms with Crippen LogP contribution in [0.15, 0.2) is 18.3 Å². The second-order valence-corrected chi connectivity index (χ2v) is 4.04. The predicted molar refractivity (Wildman–Crippen MR) is 70.3 cm³/mol. The SMILES string of the molecule is Cl.N#Cc1cccnc1NCC1CCCCN1. The molecule has 0 spiro atoms. The maximum atomic E-state index is 8.91. The first-order chi connectivity index (χ1) is 7.90. The Hall–Kier alpha value is -1.31. The summed E-state index contributed by atoms with van der Waals surface area (Å²) in [6.07, 6.45) is 5.45. The molecular weight excluding hydrogens is 236 g/mol. The summed E-state index contributed by atoms with van der Waals surface area (Å²) in [7, 11) is 0. The molecule has 5 heteroatoms. The molecule has 0 aliphatic carbocycles. The van der Waals surface area contributed by atoms with Gasteiger partial charge in [0, 0.05) is 18.8 Å². The third-order valence-corrected chi connectivity index (χ3v) is 2.86. The number of halogens is 1. The molecule has 92 valence electrons. The second-order valence-electron chi connectivity index (χ2n) is 4.04. The minimum atomic E-state index is 0. The van der Waals surface area contributed by atoms with Gasteiger partial charge in [0.05, 0.1) is 5.56 Å². The lowest BCUT2D eigenvalue weighted by molar-refractivity contribution is 0.414. The third-order valence-electron chi connectivity index (χ3n) is 2.86. The monoisotopic (exact) mass is 252 g/mol. The first-order valence-electron chi connectivity index (χ1n) is 5.72. The van der Waals surface area contributed by atoms with Crippen LogP contribution < -0.4 is 10.6 Å². The van der Waals surface area contributed by atoms with Crippen LogP contribution in [0.2, 0.25) is 0 Å². The van der Waals surface area contributed by atoms with Crippen LogP contribution in [-0.2, 0) is 0 Å². The summed E-state index contributed by atoms with van der Waals surface area (Å²) in [6, 6.07) is 6.20. The van der Waals surface area contributed by atoms with Crippen LogP contribution in [0, 0.1) is 11.3 Å². The van der Waals surface area contributed by atoms with Crippen molar-refractivity contribution in [2.45, 2.75) is 25.3 Å². The van der Waals surface area contributed by atoms with Gasteiger partial charge in [-0.15, -0.1) is 12.4 Å². The van der Waals surface area contributed by atoms with Gasteiger partial charge in [-0.1, -0.05) is 6.42 Å². The van der Waals surface area contributed by atoms with Crippen LogP contribution >= 0.6 is 12.4 Å². The van der Waals surface area contributed by atoms with E-state index in [0.29, 0.717) is 17.4 Å². The maximum Gasteiger partial charge on any atom is 0.143 e. The summed E-state index contributed by atoms with van der Waals surface area (Å²) in [5.74, 6) is 0.692. The Bertz CT molecular complexity index is 382. The predicted octanol–water partition coefficient (Wildman–Crippen LogP) is 1.93. The zero-order valence-corrected chi connectivity index (χ0v) is 10.5. The van der Waals surface area contributed by atoms with Gasteiger partial charge in [0.1, 0.15) is 11.9 Å². The lowest BCUT2D eigenvalue weighted by atomic mass is 10.1. The van der Waals surface area contributed by atoms with Gasteiger partial charge in [0.2, 0.25) is 0 Å². The van der Waals surface area contributed by atoms with Crippen LogP contribution in [0.3, 0.4) is 0 Å². The molecule has 1 fully saturated rings. The van der Waals surface area contributed by atoms with Gasteiger partial charge in [0.15, 0.2) is 0 Å². The lowest BCUT2D eigenvalue weighted by Crippen LogP contribution is -2.39. The third kappa shape index (κ3) is 3.88. The highest BCUT2D eigenvalue weighted by molar-refractivity contribution is 5.85. The van der Waals surface area contributed by atoms with Crippen LogP contribution in [0.25, 0.3) is 0 Å². The van der Waals surface area contributed by atoms with E-state index in [1.54, 1.807) is 18.3 Å². The van der Waals surface area contributed by atoms with Crippen molar-refractivity contribution >= 4 is 18.2 Å². The standard InChI is InChI=1S/C12H16N4.ClH/c13-8-10-4-3-7-15-12(10)16-9-11-5-1-2-6-14-11;/h3-4,7,11,14H,1-2,5-6,9H2,(H,15,16);1H. The number of nitrogens with zero attached hydrogens (tertiary/aromatic N) is 2. The van der Waals surface area contributed by atoms with E-state index < -0.39 is 0 Å². The van der Waals surface area contributed by atoms with Crippen LogP contribution in [0.5, 0.6) is 0 Å². The van der Waals surface area contributed by atoms with Gasteiger partial charge in [-0.2, -0.15) is 5.26 Å². The highest BCUT2D eigenvalue weighted by Gasteiger charge is 2.12. The van der Waals surface area contributed by atoms with E-state index >= 15 is 0 Å². The molecule has 0 radical (unpaired) electrons. The van der Waals surface area contributed by atoms with E-state index in [1.807, 2.05) is 0 Å². The van der Waals surface area contributed by atoms with Gasteiger partial charge in [-0.25, -0.2) is 4.98 Å². The highest BCUT2D eigenvalue weighted by atomic mass is 35.5. The van der Waals surface area contributed by atoms with E-state index in [1.165, 1.54) is 19.3 Å². The van der Waals surface area contributed by atoms with Crippen molar-refractivity contribution < 1.29 is 0 Å². The Morgan fingerprint density at radius 3 is 3.12 bits per heavy atom. The number of nitriles is 1. The van der Waals surface area contributed by atoms with Crippen molar-refractivity contribution in [2.75, 3.05) is 18.4 Å². The Balaban J connectivity index is 0.00000144. The smallest absolute Gasteiger partial charge is 0.143 e. The van der Waals surface area contributed by atoms with Crippen LogP contribution in [0.4, 0.5) is 5.82 Å². The molecule has 1 aliphatic heterocycles. The van der Waals surface area contributed by atoms with Gasteiger partial charge >= 0.3 is 0 Å². The average molecular weight is 253 g/mol. The molecular formula is C12H17ClN4. The first kappa shape index (κ1) is 13.8. The Morgan fingerprint density at radius 1 is 1.53 bits per heavy atom. The summed E-state index contributed by atoms with van der Waals surface area (Å²) in [6.45, 7) is 1.94. The molecule has 0 saturated carbocycles. The molecule has 1 saturated heterocycles. The summed E-state index contributed by atoms with van der Waals surface area (Å²) in [5.41, 5.74) is 0.610. The number of piperidine rings is 1. The molecule has 1 atom stereocenters. The molecule has 1 aromatic rings. The summed E-state index contributed by atoms with van der Waals surface area (Å²) in [4.78, 5) is 4.17. The van der Waals surface area contributed by atoms with E-state index in [9.17, 15) is 0 Å². The Kier molecular flexibility index (Phi) is 5.75. The Labute approximate surface area is 108 Å². The van der Waals surface area contributed by atoms with Gasteiger partial charge in [-0.05, 0) is 31.5 Å². The molecule has 1 unspecified atom stereocenters. The molecule has 2 heterocycles. The number of pyridine rings is 1.